The highest BCUT2D eigenvalue weighted by molar-refractivity contribution is 6.03. The predicted molar refractivity (Wildman–Crippen MR) is 103 cm³/mol. The Morgan fingerprint density at radius 1 is 1.15 bits per heavy atom. The number of hydrogen-bond donors (Lipinski definition) is 1. The normalized spacial score (nSPS) is 11.4. The van der Waals surface area contributed by atoms with Crippen molar-refractivity contribution in [2.24, 2.45) is 0 Å². The molecule has 0 aliphatic carbocycles. The van der Waals surface area contributed by atoms with Crippen LogP contribution in [-0.2, 0) is 12.0 Å². The van der Waals surface area contributed by atoms with Gasteiger partial charge in [-0.25, -0.2) is 0 Å². The van der Waals surface area contributed by atoms with Crippen LogP contribution in [0.25, 0.3) is 0 Å². The fourth-order valence-corrected chi connectivity index (χ4v) is 2.70. The molecule has 1 N–H and O–H groups in total. The van der Waals surface area contributed by atoms with E-state index in [-0.39, 0.29) is 11.3 Å². The van der Waals surface area contributed by atoms with Crippen molar-refractivity contribution in [3.8, 4) is 0 Å². The summed E-state index contributed by atoms with van der Waals surface area (Å²) in [5.74, 6) is -0.186. The maximum atomic E-state index is 12.8. The highest BCUT2D eigenvalue weighted by Crippen LogP contribution is 2.23. The number of nitrogens with one attached hydrogen (secondary N) is 1. The van der Waals surface area contributed by atoms with Gasteiger partial charge in [0.2, 0.25) is 0 Å². The Morgan fingerprint density at radius 2 is 1.96 bits per heavy atom. The molecule has 0 unspecified atom stereocenters. The van der Waals surface area contributed by atoms with Crippen LogP contribution in [0.15, 0.2) is 54.9 Å². The summed E-state index contributed by atoms with van der Waals surface area (Å²) in [5, 5.41) is 7.61. The average molecular weight is 348 g/mol. The molecule has 0 aliphatic heterocycles. The lowest BCUT2D eigenvalue weighted by Gasteiger charge is -2.14. The quantitative estimate of drug-likeness (QED) is 0.769. The van der Waals surface area contributed by atoms with Gasteiger partial charge in [-0.3, -0.25) is 14.5 Å². The SMILES string of the molecule is Cc1cccc(Cn2nc(C(C)(C)C)cc2C(=O)Nc2cccnc2)c1. The average Bonchev–Trinajstić information content (AvgIpc) is 3.00. The Labute approximate surface area is 154 Å². The van der Waals surface area contributed by atoms with E-state index >= 15 is 0 Å². The molecule has 134 valence electrons. The van der Waals surface area contributed by atoms with Gasteiger partial charge in [0, 0.05) is 11.6 Å². The molecule has 3 aromatic rings. The minimum Gasteiger partial charge on any atom is -0.319 e. The molecular weight excluding hydrogens is 324 g/mol. The molecule has 0 saturated carbocycles. The molecule has 5 nitrogen and oxygen atoms in total. The fourth-order valence-electron chi connectivity index (χ4n) is 2.70. The lowest BCUT2D eigenvalue weighted by atomic mass is 9.92. The molecule has 2 heterocycles. The minimum atomic E-state index is -0.186. The monoisotopic (exact) mass is 348 g/mol. The number of rotatable bonds is 4. The summed E-state index contributed by atoms with van der Waals surface area (Å²) in [6.07, 6.45) is 3.30. The molecule has 1 aromatic carbocycles. The lowest BCUT2D eigenvalue weighted by molar-refractivity contribution is 0.101. The van der Waals surface area contributed by atoms with Crippen molar-refractivity contribution in [3.63, 3.8) is 0 Å². The van der Waals surface area contributed by atoms with Crippen molar-refractivity contribution < 1.29 is 4.79 Å². The molecule has 26 heavy (non-hydrogen) atoms. The summed E-state index contributed by atoms with van der Waals surface area (Å²) < 4.78 is 1.78. The van der Waals surface area contributed by atoms with Crippen molar-refractivity contribution >= 4 is 11.6 Å². The number of carbonyl (C=O) groups is 1. The van der Waals surface area contributed by atoms with E-state index in [9.17, 15) is 4.79 Å². The van der Waals surface area contributed by atoms with Crippen LogP contribution >= 0.6 is 0 Å². The Bertz CT molecular complexity index is 907. The number of hydrogen-bond acceptors (Lipinski definition) is 3. The number of carbonyl (C=O) groups excluding carboxylic acids is 1. The Kier molecular flexibility index (Phi) is 4.89. The van der Waals surface area contributed by atoms with Gasteiger partial charge >= 0.3 is 0 Å². The third-order valence-corrected chi connectivity index (χ3v) is 4.12. The zero-order valence-electron chi connectivity index (χ0n) is 15.7. The van der Waals surface area contributed by atoms with Crippen LogP contribution in [0.3, 0.4) is 0 Å². The van der Waals surface area contributed by atoms with Crippen LogP contribution in [0.4, 0.5) is 5.69 Å². The summed E-state index contributed by atoms with van der Waals surface area (Å²) >= 11 is 0. The van der Waals surface area contributed by atoms with Crippen molar-refractivity contribution in [1.29, 1.82) is 0 Å². The van der Waals surface area contributed by atoms with Crippen molar-refractivity contribution in [2.75, 3.05) is 5.32 Å². The molecule has 3 rings (SSSR count). The number of aryl methyl sites for hydroxylation is 1. The molecule has 0 spiro atoms. The van der Waals surface area contributed by atoms with Crippen LogP contribution < -0.4 is 5.32 Å². The minimum absolute atomic E-state index is 0.138. The molecule has 5 heteroatoms. The van der Waals surface area contributed by atoms with E-state index < -0.39 is 0 Å². The second-order valence-electron chi connectivity index (χ2n) is 7.51. The van der Waals surface area contributed by atoms with Crippen LogP contribution in [0, 0.1) is 6.92 Å². The smallest absolute Gasteiger partial charge is 0.273 e. The Balaban J connectivity index is 1.94. The summed E-state index contributed by atoms with van der Waals surface area (Å²) in [6.45, 7) is 8.89. The van der Waals surface area contributed by atoms with Gasteiger partial charge in [0.05, 0.1) is 24.1 Å². The number of benzene rings is 1. The van der Waals surface area contributed by atoms with E-state index in [4.69, 9.17) is 5.10 Å². The topological polar surface area (TPSA) is 59.8 Å². The number of pyridine rings is 1. The number of nitrogens with zero attached hydrogens (tertiary/aromatic N) is 3. The van der Waals surface area contributed by atoms with E-state index in [2.05, 4.69) is 50.1 Å². The zero-order valence-corrected chi connectivity index (χ0v) is 15.7. The van der Waals surface area contributed by atoms with Gasteiger partial charge in [-0.15, -0.1) is 0 Å². The molecular formula is C21H24N4O. The van der Waals surface area contributed by atoms with Crippen molar-refractivity contribution in [1.82, 2.24) is 14.8 Å². The van der Waals surface area contributed by atoms with Crippen LogP contribution in [0.5, 0.6) is 0 Å². The first-order chi connectivity index (χ1) is 12.3. The summed E-state index contributed by atoms with van der Waals surface area (Å²) in [4.78, 5) is 16.9. The number of anilines is 1. The van der Waals surface area contributed by atoms with Crippen LogP contribution in [0.1, 0.15) is 48.1 Å². The van der Waals surface area contributed by atoms with E-state index in [0.717, 1.165) is 11.3 Å². The molecule has 2 aromatic heterocycles. The molecule has 0 radical (unpaired) electrons. The summed E-state index contributed by atoms with van der Waals surface area (Å²) in [7, 11) is 0. The third-order valence-electron chi connectivity index (χ3n) is 4.12. The maximum Gasteiger partial charge on any atom is 0.273 e. The summed E-state index contributed by atoms with van der Waals surface area (Å²) in [6, 6.07) is 13.7. The van der Waals surface area contributed by atoms with Gasteiger partial charge < -0.3 is 5.32 Å². The van der Waals surface area contributed by atoms with Crippen LogP contribution in [-0.4, -0.2) is 20.7 Å². The second-order valence-corrected chi connectivity index (χ2v) is 7.51. The zero-order chi connectivity index (χ0) is 18.7. The molecule has 0 atom stereocenters. The highest BCUT2D eigenvalue weighted by atomic mass is 16.2. The molecule has 1 amide bonds. The standard InChI is InChI=1S/C21H24N4O/c1-15-7-5-8-16(11-15)14-25-18(12-19(24-25)21(2,3)4)20(26)23-17-9-6-10-22-13-17/h5-13H,14H2,1-4H3,(H,23,26). The first-order valence-electron chi connectivity index (χ1n) is 8.68. The van der Waals surface area contributed by atoms with Gasteiger partial charge in [0.1, 0.15) is 5.69 Å². The van der Waals surface area contributed by atoms with E-state index in [1.54, 1.807) is 23.1 Å². The largest absolute Gasteiger partial charge is 0.319 e. The Morgan fingerprint density at radius 3 is 2.62 bits per heavy atom. The lowest BCUT2D eigenvalue weighted by Crippen LogP contribution is -2.18. The molecule has 0 fully saturated rings. The van der Waals surface area contributed by atoms with Crippen molar-refractivity contribution in [3.05, 3.63) is 77.4 Å². The molecule has 0 saturated heterocycles. The van der Waals surface area contributed by atoms with Gasteiger partial charge in [0.25, 0.3) is 5.91 Å². The number of aromatic nitrogens is 3. The third kappa shape index (κ3) is 4.17. The predicted octanol–water partition coefficient (Wildman–Crippen LogP) is 4.18. The highest BCUT2D eigenvalue weighted by Gasteiger charge is 2.23. The first kappa shape index (κ1) is 17.9. The first-order valence-corrected chi connectivity index (χ1v) is 8.68. The van der Waals surface area contributed by atoms with E-state index in [1.165, 1.54) is 5.56 Å². The second kappa shape index (κ2) is 7.12. The van der Waals surface area contributed by atoms with Crippen molar-refractivity contribution in [2.45, 2.75) is 39.7 Å². The summed E-state index contributed by atoms with van der Waals surface area (Å²) in [5.41, 5.74) is 4.26. The van der Waals surface area contributed by atoms with E-state index in [0.29, 0.717) is 17.9 Å². The van der Waals surface area contributed by atoms with Gasteiger partial charge in [-0.1, -0.05) is 50.6 Å². The van der Waals surface area contributed by atoms with E-state index in [1.807, 2.05) is 24.3 Å². The Hall–Kier alpha value is -2.95. The van der Waals surface area contributed by atoms with Crippen LogP contribution in [0.2, 0.25) is 0 Å². The fraction of sp³-hybridized carbons (Fsp3) is 0.286. The van der Waals surface area contributed by atoms with Gasteiger partial charge in [-0.2, -0.15) is 5.10 Å². The molecule has 0 aliphatic rings. The van der Waals surface area contributed by atoms with Gasteiger partial charge in [-0.05, 0) is 30.7 Å². The maximum absolute atomic E-state index is 12.8. The van der Waals surface area contributed by atoms with Gasteiger partial charge in [0.15, 0.2) is 0 Å². The molecule has 0 bridgehead atoms. The number of amides is 1.